The molecule has 2 saturated carbocycles. The smallest absolute Gasteiger partial charge is 0.355 e. The Hall–Kier alpha value is -5.01. The van der Waals surface area contributed by atoms with Gasteiger partial charge in [-0.2, -0.15) is 5.26 Å². The lowest BCUT2D eigenvalue weighted by molar-refractivity contribution is 0.00817. The number of thiazole rings is 1. The lowest BCUT2D eigenvalue weighted by atomic mass is 9.56. The van der Waals surface area contributed by atoms with Gasteiger partial charge in [0.05, 0.1) is 10.2 Å². The van der Waals surface area contributed by atoms with Crippen LogP contribution in [-0.4, -0.2) is 38.1 Å². The van der Waals surface area contributed by atoms with E-state index < -0.39 is 5.97 Å². The van der Waals surface area contributed by atoms with Crippen LogP contribution in [-0.2, 0) is 19.5 Å². The number of hydrogen-bond acceptors (Lipinski definition) is 7. The largest absolute Gasteiger partial charge is 0.476 e. The molecule has 2 bridgehead atoms. The number of anilines is 2. The molecular formula is C42H44N6O3S. The Morgan fingerprint density at radius 3 is 2.56 bits per heavy atom. The van der Waals surface area contributed by atoms with Gasteiger partial charge in [0.25, 0.3) is 5.91 Å². The highest BCUT2D eigenvalue weighted by molar-refractivity contribution is 7.22. The molecule has 0 radical (unpaired) electrons. The van der Waals surface area contributed by atoms with Crippen LogP contribution in [0.1, 0.15) is 95.7 Å². The second kappa shape index (κ2) is 13.5. The third-order valence-electron chi connectivity index (χ3n) is 11.8. The Labute approximate surface area is 308 Å². The number of nitriles is 1. The van der Waals surface area contributed by atoms with Gasteiger partial charge in [0, 0.05) is 42.0 Å². The molecule has 4 heterocycles. The number of pyridine rings is 1. The van der Waals surface area contributed by atoms with E-state index in [2.05, 4.69) is 34.8 Å². The van der Waals surface area contributed by atoms with Crippen molar-refractivity contribution in [1.82, 2.24) is 14.5 Å². The number of fused-ring (bicyclic) bond motifs is 4. The zero-order chi connectivity index (χ0) is 36.1. The van der Waals surface area contributed by atoms with Gasteiger partial charge < -0.3 is 14.6 Å². The van der Waals surface area contributed by atoms with Gasteiger partial charge in [0.2, 0.25) is 0 Å². The Morgan fingerprint density at radius 1 is 1.02 bits per heavy atom. The first-order valence-electron chi connectivity index (χ1n) is 18.5. The molecule has 9 nitrogen and oxygen atoms in total. The van der Waals surface area contributed by atoms with Gasteiger partial charge in [-0.05, 0) is 123 Å². The first-order valence-corrected chi connectivity index (χ1v) is 19.3. The predicted molar refractivity (Wildman–Crippen MR) is 205 cm³/mol. The second-order valence-corrected chi connectivity index (χ2v) is 16.7. The number of amides is 1. The molecule has 2 fully saturated rings. The highest BCUT2D eigenvalue weighted by Gasteiger charge is 2.44. The van der Waals surface area contributed by atoms with Gasteiger partial charge >= 0.3 is 5.97 Å². The van der Waals surface area contributed by atoms with Crippen molar-refractivity contribution < 1.29 is 14.7 Å². The molecule has 1 amide bonds. The van der Waals surface area contributed by atoms with Crippen LogP contribution in [0.2, 0.25) is 0 Å². The maximum absolute atomic E-state index is 13.6. The van der Waals surface area contributed by atoms with Crippen molar-refractivity contribution >= 4 is 44.4 Å². The van der Waals surface area contributed by atoms with Gasteiger partial charge in [0.1, 0.15) is 17.6 Å². The van der Waals surface area contributed by atoms with Crippen LogP contribution in [0.4, 0.5) is 10.9 Å². The molecule has 2 aliphatic carbocycles. The number of carboxylic acid groups (broad SMARTS) is 1. The molecular weight excluding hydrogens is 669 g/mol. The lowest BCUT2D eigenvalue weighted by Crippen LogP contribution is -2.39. The number of benzene rings is 2. The van der Waals surface area contributed by atoms with Gasteiger partial charge in [-0.25, -0.2) is 14.8 Å². The monoisotopic (exact) mass is 712 g/mol. The molecule has 0 saturated heterocycles. The number of nitrogens with zero attached hydrogens (tertiary/aromatic N) is 5. The first kappa shape index (κ1) is 34.1. The SMILES string of the molecule is Cc1c(-c2ccc(N3CCc4cccc(C(=O)Nc5nc6ccccc6s5)c4C3)nc2C(=O)O)cc(C#N)n1CCC12CC(C)CC(CC(C)C1)C2. The van der Waals surface area contributed by atoms with Crippen LogP contribution < -0.4 is 10.2 Å². The van der Waals surface area contributed by atoms with Crippen molar-refractivity contribution in [3.63, 3.8) is 0 Å². The summed E-state index contributed by atoms with van der Waals surface area (Å²) in [5, 5.41) is 24.2. The predicted octanol–water partition coefficient (Wildman–Crippen LogP) is 9.10. The fourth-order valence-corrected chi connectivity index (χ4v) is 10.8. The number of carbonyl (C=O) groups is 2. The van der Waals surface area contributed by atoms with Crippen molar-refractivity contribution in [2.24, 2.45) is 23.2 Å². The van der Waals surface area contributed by atoms with Crippen molar-refractivity contribution in [1.29, 1.82) is 5.26 Å². The minimum atomic E-state index is -1.12. The van der Waals surface area contributed by atoms with Crippen molar-refractivity contribution in [2.45, 2.75) is 78.8 Å². The van der Waals surface area contributed by atoms with E-state index in [4.69, 9.17) is 4.98 Å². The normalized spacial score (nSPS) is 22.5. The number of aromatic carboxylic acids is 1. The minimum Gasteiger partial charge on any atom is -0.476 e. The fourth-order valence-electron chi connectivity index (χ4n) is 9.95. The molecule has 3 aliphatic rings. The van der Waals surface area contributed by atoms with E-state index in [-0.39, 0.29) is 11.6 Å². The molecule has 2 aromatic carbocycles. The van der Waals surface area contributed by atoms with E-state index in [0.717, 1.165) is 63.3 Å². The average molecular weight is 713 g/mol. The van der Waals surface area contributed by atoms with Gasteiger partial charge in [-0.15, -0.1) is 0 Å². The Kier molecular flexibility index (Phi) is 8.86. The Balaban J connectivity index is 1.05. The Bertz CT molecular complexity index is 2200. The summed E-state index contributed by atoms with van der Waals surface area (Å²) in [6, 6.07) is 21.5. The summed E-state index contributed by atoms with van der Waals surface area (Å²) in [7, 11) is 0. The van der Waals surface area contributed by atoms with Crippen LogP contribution in [0, 0.1) is 41.4 Å². The summed E-state index contributed by atoms with van der Waals surface area (Å²) in [6.45, 7) is 8.57. The van der Waals surface area contributed by atoms with E-state index in [1.54, 1.807) is 0 Å². The summed E-state index contributed by atoms with van der Waals surface area (Å²) in [5.41, 5.74) is 6.34. The third-order valence-corrected chi connectivity index (χ3v) is 12.8. The highest BCUT2D eigenvalue weighted by Crippen LogP contribution is 2.55. The molecule has 8 rings (SSSR count). The molecule has 0 spiro atoms. The van der Waals surface area contributed by atoms with E-state index in [9.17, 15) is 20.0 Å². The van der Waals surface area contributed by atoms with E-state index in [1.165, 1.54) is 43.4 Å². The van der Waals surface area contributed by atoms with Crippen molar-refractivity contribution in [3.05, 3.63) is 94.4 Å². The first-order chi connectivity index (χ1) is 25.1. The van der Waals surface area contributed by atoms with Crippen LogP contribution in [0.15, 0.2) is 60.7 Å². The van der Waals surface area contributed by atoms with E-state index in [1.807, 2.05) is 72.5 Å². The number of nitrogens with one attached hydrogen (secondary N) is 1. The molecule has 266 valence electrons. The standard InChI is InChI=1S/C42H44N6O3S/c1-25-17-28-18-26(2)21-42(20-25,22-28)14-16-48-27(3)33(19-30(48)23-43)31-11-12-37(45-38(31)40(50)51)47-15-13-29-7-6-8-32(34(29)24-47)39(49)46-41-44-35-9-4-5-10-36(35)52-41/h4-12,19,25-26,28H,13-18,20-22,24H2,1-3H3,(H,50,51)(H,44,46,49). The Morgan fingerprint density at radius 2 is 1.81 bits per heavy atom. The van der Waals surface area contributed by atoms with Crippen LogP contribution in [0.25, 0.3) is 21.3 Å². The summed E-state index contributed by atoms with van der Waals surface area (Å²) in [6.07, 6.45) is 8.14. The van der Waals surface area contributed by atoms with Gasteiger partial charge in [0.15, 0.2) is 10.8 Å². The second-order valence-electron chi connectivity index (χ2n) is 15.6. The zero-order valence-corrected chi connectivity index (χ0v) is 30.8. The maximum atomic E-state index is 13.6. The molecule has 5 aromatic rings. The van der Waals surface area contributed by atoms with E-state index in [0.29, 0.717) is 52.7 Å². The van der Waals surface area contributed by atoms with E-state index >= 15 is 0 Å². The van der Waals surface area contributed by atoms with Gasteiger partial charge in [-0.3, -0.25) is 10.1 Å². The topological polar surface area (TPSA) is 124 Å². The number of aromatic nitrogens is 3. The average Bonchev–Trinajstić information content (AvgIpc) is 3.68. The summed E-state index contributed by atoms with van der Waals surface area (Å²) in [5.74, 6) is 1.45. The number of carbonyl (C=O) groups excluding carboxylic acids is 1. The molecule has 52 heavy (non-hydrogen) atoms. The summed E-state index contributed by atoms with van der Waals surface area (Å²) in [4.78, 5) is 37.7. The molecule has 2 N–H and O–H groups in total. The lowest BCUT2D eigenvalue weighted by Gasteiger charge is -2.50. The van der Waals surface area contributed by atoms with Crippen molar-refractivity contribution in [3.8, 4) is 17.2 Å². The number of hydrogen-bond donors (Lipinski definition) is 2. The highest BCUT2D eigenvalue weighted by atomic mass is 32.1. The number of rotatable bonds is 8. The molecule has 1 aliphatic heterocycles. The molecule has 2 atom stereocenters. The van der Waals surface area contributed by atoms with Crippen LogP contribution in [0.5, 0.6) is 0 Å². The minimum absolute atomic E-state index is 0.0430. The summed E-state index contributed by atoms with van der Waals surface area (Å²) < 4.78 is 3.10. The van der Waals surface area contributed by atoms with Crippen LogP contribution >= 0.6 is 11.3 Å². The van der Waals surface area contributed by atoms with Gasteiger partial charge in [-0.1, -0.05) is 49.4 Å². The number of para-hydroxylation sites is 1. The third kappa shape index (κ3) is 6.36. The molecule has 2 unspecified atom stereocenters. The van der Waals surface area contributed by atoms with Crippen molar-refractivity contribution in [2.75, 3.05) is 16.8 Å². The number of carboxylic acids is 1. The zero-order valence-electron chi connectivity index (χ0n) is 30.0. The molecule has 3 aromatic heterocycles. The molecule has 10 heteroatoms. The quantitative estimate of drug-likeness (QED) is 0.164. The maximum Gasteiger partial charge on any atom is 0.355 e. The summed E-state index contributed by atoms with van der Waals surface area (Å²) >= 11 is 1.44. The fraction of sp³-hybridized carbons (Fsp3) is 0.405. The van der Waals surface area contributed by atoms with Crippen LogP contribution in [0.3, 0.4) is 0 Å².